The second-order valence-electron chi connectivity index (χ2n) is 4.88. The fraction of sp³-hybridized carbons (Fsp3) is 0.188. The topological polar surface area (TPSA) is 38.0 Å². The Bertz CT molecular complexity index is 734. The van der Waals surface area contributed by atoms with E-state index in [4.69, 9.17) is 0 Å². The highest BCUT2D eigenvalue weighted by Crippen LogP contribution is 2.23. The number of benzene rings is 2. The van der Waals surface area contributed by atoms with E-state index in [0.29, 0.717) is 5.56 Å². The number of rotatable bonds is 3. The molecule has 102 valence electrons. The predicted octanol–water partition coefficient (Wildman–Crippen LogP) is 3.34. The van der Waals surface area contributed by atoms with Crippen molar-refractivity contribution in [3.05, 3.63) is 59.8 Å². The Balaban J connectivity index is 2.08. The van der Waals surface area contributed by atoms with E-state index >= 15 is 0 Å². The molecule has 20 heavy (non-hydrogen) atoms. The van der Waals surface area contributed by atoms with Gasteiger partial charge in [-0.3, -0.25) is 0 Å². The highest BCUT2D eigenvalue weighted by atomic mass is 19.1. The number of aromatic nitrogens is 2. The summed E-state index contributed by atoms with van der Waals surface area (Å²) in [6.45, 7) is 1.26. The lowest BCUT2D eigenvalue weighted by Crippen LogP contribution is -1.99. The lowest BCUT2D eigenvalue weighted by Gasteiger charge is -2.07. The molecule has 1 heterocycles. The van der Waals surface area contributed by atoms with Crippen LogP contribution in [0.4, 0.5) is 4.39 Å². The van der Waals surface area contributed by atoms with Gasteiger partial charge in [0.25, 0.3) is 0 Å². The molecule has 1 aromatic heterocycles. The number of aliphatic hydroxyl groups excluding tert-OH is 1. The van der Waals surface area contributed by atoms with Gasteiger partial charge in [0.1, 0.15) is 12.8 Å². The predicted molar refractivity (Wildman–Crippen MR) is 76.7 cm³/mol. The second kappa shape index (κ2) is 5.06. The molecule has 0 spiro atoms. The minimum absolute atomic E-state index is 0.573. The molecule has 0 aliphatic heterocycles. The zero-order valence-electron chi connectivity index (χ0n) is 11.1. The SMILES string of the molecule is Cc1ccc(-n2ncc3cc(C(O)CF)ccc32)cc1. The molecule has 1 unspecified atom stereocenters. The largest absolute Gasteiger partial charge is 0.386 e. The van der Waals surface area contributed by atoms with E-state index in [1.165, 1.54) is 5.56 Å². The minimum Gasteiger partial charge on any atom is -0.386 e. The summed E-state index contributed by atoms with van der Waals surface area (Å²) in [7, 11) is 0. The van der Waals surface area contributed by atoms with Gasteiger partial charge in [0.05, 0.1) is 17.4 Å². The Hall–Kier alpha value is -2.20. The molecule has 2 aromatic carbocycles. The Morgan fingerprint density at radius 1 is 1.20 bits per heavy atom. The van der Waals surface area contributed by atoms with Crippen molar-refractivity contribution in [3.63, 3.8) is 0 Å². The third-order valence-electron chi connectivity index (χ3n) is 3.40. The summed E-state index contributed by atoms with van der Waals surface area (Å²) in [6, 6.07) is 13.4. The molecule has 0 aliphatic carbocycles. The van der Waals surface area contributed by atoms with Gasteiger partial charge in [0.15, 0.2) is 0 Å². The maximum absolute atomic E-state index is 12.5. The number of alkyl halides is 1. The zero-order valence-corrected chi connectivity index (χ0v) is 11.1. The van der Waals surface area contributed by atoms with Crippen LogP contribution in [0.3, 0.4) is 0 Å². The Labute approximate surface area is 116 Å². The Morgan fingerprint density at radius 2 is 1.95 bits per heavy atom. The van der Waals surface area contributed by atoms with Gasteiger partial charge >= 0.3 is 0 Å². The monoisotopic (exact) mass is 270 g/mol. The summed E-state index contributed by atoms with van der Waals surface area (Å²) in [5.74, 6) is 0. The number of hydrogen-bond donors (Lipinski definition) is 1. The average molecular weight is 270 g/mol. The molecule has 4 heteroatoms. The summed E-state index contributed by atoms with van der Waals surface area (Å²) < 4.78 is 14.3. The molecule has 0 bridgehead atoms. The van der Waals surface area contributed by atoms with Crippen LogP contribution in [0, 0.1) is 6.92 Å². The summed E-state index contributed by atoms with van der Waals surface area (Å²) in [4.78, 5) is 0. The van der Waals surface area contributed by atoms with Gasteiger partial charge in [-0.15, -0.1) is 0 Å². The Morgan fingerprint density at radius 3 is 2.65 bits per heavy atom. The number of nitrogens with zero attached hydrogens (tertiary/aromatic N) is 2. The van der Waals surface area contributed by atoms with Crippen LogP contribution >= 0.6 is 0 Å². The maximum Gasteiger partial charge on any atom is 0.119 e. The fourth-order valence-corrected chi connectivity index (χ4v) is 2.24. The zero-order chi connectivity index (χ0) is 14.1. The van der Waals surface area contributed by atoms with Gasteiger partial charge in [-0.1, -0.05) is 23.8 Å². The van der Waals surface area contributed by atoms with Crippen molar-refractivity contribution in [1.29, 1.82) is 0 Å². The first-order valence-corrected chi connectivity index (χ1v) is 6.48. The van der Waals surface area contributed by atoms with Crippen molar-refractivity contribution in [3.8, 4) is 5.69 Å². The van der Waals surface area contributed by atoms with Crippen LogP contribution < -0.4 is 0 Å². The van der Waals surface area contributed by atoms with E-state index in [-0.39, 0.29) is 0 Å². The molecule has 0 radical (unpaired) electrons. The van der Waals surface area contributed by atoms with Gasteiger partial charge < -0.3 is 5.11 Å². The van der Waals surface area contributed by atoms with E-state index in [0.717, 1.165) is 16.6 Å². The normalized spacial score (nSPS) is 12.8. The Kier molecular flexibility index (Phi) is 3.24. The molecule has 3 aromatic rings. The molecule has 0 fully saturated rings. The van der Waals surface area contributed by atoms with Crippen molar-refractivity contribution < 1.29 is 9.50 Å². The second-order valence-corrected chi connectivity index (χ2v) is 4.88. The van der Waals surface area contributed by atoms with Crippen molar-refractivity contribution in [1.82, 2.24) is 9.78 Å². The van der Waals surface area contributed by atoms with Crippen LogP contribution in [0.5, 0.6) is 0 Å². The van der Waals surface area contributed by atoms with Crippen molar-refractivity contribution in [2.45, 2.75) is 13.0 Å². The number of aliphatic hydroxyl groups is 1. The number of fused-ring (bicyclic) bond motifs is 1. The molecule has 3 nitrogen and oxygen atoms in total. The van der Waals surface area contributed by atoms with Crippen LogP contribution in [0.25, 0.3) is 16.6 Å². The molecule has 3 rings (SSSR count). The van der Waals surface area contributed by atoms with E-state index in [9.17, 15) is 9.50 Å². The lowest BCUT2D eigenvalue weighted by molar-refractivity contribution is 0.142. The number of aryl methyl sites for hydroxylation is 1. The van der Waals surface area contributed by atoms with E-state index in [2.05, 4.69) is 5.10 Å². The highest BCUT2D eigenvalue weighted by Gasteiger charge is 2.10. The lowest BCUT2D eigenvalue weighted by atomic mass is 10.1. The highest BCUT2D eigenvalue weighted by molar-refractivity contribution is 5.81. The van der Waals surface area contributed by atoms with E-state index < -0.39 is 12.8 Å². The van der Waals surface area contributed by atoms with Crippen LogP contribution in [0.1, 0.15) is 17.2 Å². The first-order chi connectivity index (χ1) is 9.69. The van der Waals surface area contributed by atoms with Crippen LogP contribution in [-0.4, -0.2) is 21.6 Å². The fourth-order valence-electron chi connectivity index (χ4n) is 2.24. The molecule has 0 amide bonds. The van der Waals surface area contributed by atoms with Gasteiger partial charge in [-0.25, -0.2) is 9.07 Å². The number of halogens is 1. The van der Waals surface area contributed by atoms with Crippen molar-refractivity contribution in [2.24, 2.45) is 0 Å². The number of hydrogen-bond acceptors (Lipinski definition) is 2. The maximum atomic E-state index is 12.5. The summed E-state index contributed by atoms with van der Waals surface area (Å²) in [5, 5.41) is 14.8. The molecule has 0 saturated carbocycles. The first kappa shape index (κ1) is 12.8. The van der Waals surface area contributed by atoms with Crippen LogP contribution in [-0.2, 0) is 0 Å². The van der Waals surface area contributed by atoms with Crippen LogP contribution in [0.2, 0.25) is 0 Å². The molecule has 0 saturated heterocycles. The van der Waals surface area contributed by atoms with E-state index in [1.807, 2.05) is 41.9 Å². The summed E-state index contributed by atoms with van der Waals surface area (Å²) in [5.41, 5.74) is 3.68. The van der Waals surface area contributed by atoms with Gasteiger partial charge in [0, 0.05) is 5.39 Å². The summed E-state index contributed by atoms with van der Waals surface area (Å²) in [6.07, 6.45) is 0.658. The average Bonchev–Trinajstić information content (AvgIpc) is 2.90. The standard InChI is InChI=1S/C16H15FN2O/c1-11-2-5-14(6-3-11)19-15-7-4-12(16(20)9-17)8-13(15)10-18-19/h2-8,10,16,20H,9H2,1H3. The molecule has 1 N–H and O–H groups in total. The molecular formula is C16H15FN2O. The van der Waals surface area contributed by atoms with Crippen LogP contribution in [0.15, 0.2) is 48.7 Å². The van der Waals surface area contributed by atoms with Crippen molar-refractivity contribution in [2.75, 3.05) is 6.67 Å². The van der Waals surface area contributed by atoms with Gasteiger partial charge in [-0.2, -0.15) is 5.10 Å². The van der Waals surface area contributed by atoms with Gasteiger partial charge in [-0.05, 0) is 36.8 Å². The quantitative estimate of drug-likeness (QED) is 0.792. The summed E-state index contributed by atoms with van der Waals surface area (Å²) >= 11 is 0. The molecule has 0 aliphatic rings. The third-order valence-corrected chi connectivity index (χ3v) is 3.40. The molecular weight excluding hydrogens is 255 g/mol. The van der Waals surface area contributed by atoms with Gasteiger partial charge in [0.2, 0.25) is 0 Å². The minimum atomic E-state index is -1.07. The third kappa shape index (κ3) is 2.18. The van der Waals surface area contributed by atoms with Crippen molar-refractivity contribution >= 4 is 10.9 Å². The first-order valence-electron chi connectivity index (χ1n) is 6.48. The smallest absolute Gasteiger partial charge is 0.119 e. The molecule has 1 atom stereocenters. The van der Waals surface area contributed by atoms with E-state index in [1.54, 1.807) is 18.3 Å².